The smallest absolute Gasteiger partial charge is 0.254 e. The number of ether oxygens (including phenoxy) is 2. The summed E-state index contributed by atoms with van der Waals surface area (Å²) in [4.78, 5) is 14.3. The molecule has 1 aromatic carbocycles. The van der Waals surface area contributed by atoms with E-state index in [0.717, 1.165) is 17.3 Å². The molecule has 0 aromatic heterocycles. The molecule has 2 heterocycles. The van der Waals surface area contributed by atoms with E-state index >= 15 is 0 Å². The molecule has 1 saturated heterocycles. The van der Waals surface area contributed by atoms with E-state index in [4.69, 9.17) is 15.2 Å². The van der Waals surface area contributed by atoms with E-state index in [1.54, 1.807) is 12.1 Å². The van der Waals surface area contributed by atoms with E-state index in [1.807, 2.05) is 4.90 Å². The van der Waals surface area contributed by atoms with Crippen LogP contribution in [0.1, 0.15) is 23.2 Å². The molecule has 0 bridgehead atoms. The summed E-state index contributed by atoms with van der Waals surface area (Å²) in [5.41, 5.74) is 6.47. The van der Waals surface area contributed by atoms with Gasteiger partial charge < -0.3 is 20.1 Å². The highest BCUT2D eigenvalue weighted by Crippen LogP contribution is 2.40. The van der Waals surface area contributed by atoms with Crippen LogP contribution < -0.4 is 15.2 Å². The van der Waals surface area contributed by atoms with Crippen LogP contribution >= 0.6 is 15.9 Å². The summed E-state index contributed by atoms with van der Waals surface area (Å²) in [6.07, 6.45) is 1.72. The van der Waals surface area contributed by atoms with Gasteiger partial charge in [-0.1, -0.05) is 0 Å². The fraction of sp³-hybridized carbons (Fsp3) is 0.462. The molecular weight excluding hydrogens is 312 g/mol. The zero-order chi connectivity index (χ0) is 13.4. The Bertz CT molecular complexity index is 513. The van der Waals surface area contributed by atoms with Gasteiger partial charge in [-0.05, 0) is 40.9 Å². The van der Waals surface area contributed by atoms with Gasteiger partial charge in [0.1, 0.15) is 0 Å². The number of likely N-dealkylation sites (tertiary alicyclic amines) is 1. The van der Waals surface area contributed by atoms with Crippen molar-refractivity contribution < 1.29 is 14.3 Å². The predicted molar refractivity (Wildman–Crippen MR) is 73.4 cm³/mol. The quantitative estimate of drug-likeness (QED) is 0.853. The lowest BCUT2D eigenvalue weighted by Crippen LogP contribution is -2.42. The molecule has 6 heteroatoms. The van der Waals surface area contributed by atoms with Crippen molar-refractivity contribution in [1.82, 2.24) is 4.90 Å². The highest BCUT2D eigenvalue weighted by Gasteiger charge is 2.25. The molecule has 0 radical (unpaired) electrons. The minimum absolute atomic E-state index is 0.0194. The van der Waals surface area contributed by atoms with Crippen molar-refractivity contribution in [3.8, 4) is 11.5 Å². The van der Waals surface area contributed by atoms with Crippen LogP contribution in [-0.4, -0.2) is 36.7 Å². The summed E-state index contributed by atoms with van der Waals surface area (Å²) >= 11 is 3.40. The van der Waals surface area contributed by atoms with Crippen LogP contribution in [-0.2, 0) is 0 Å². The molecule has 0 saturated carbocycles. The standard InChI is InChI=1S/C13H15BrN2O3/c14-10-5-8(6-11-12(10)19-7-18-11)13(17)16-3-1-9(15)2-4-16/h5-6,9H,1-4,7,15H2. The van der Waals surface area contributed by atoms with Gasteiger partial charge in [0.25, 0.3) is 5.91 Å². The van der Waals surface area contributed by atoms with Gasteiger partial charge in [0.05, 0.1) is 4.47 Å². The maximum Gasteiger partial charge on any atom is 0.254 e. The van der Waals surface area contributed by atoms with Crippen LogP contribution in [0.25, 0.3) is 0 Å². The average Bonchev–Trinajstić information content (AvgIpc) is 2.87. The second-order valence-electron chi connectivity index (χ2n) is 4.82. The molecule has 102 valence electrons. The SMILES string of the molecule is NC1CCN(C(=O)c2cc(Br)c3c(c2)OCO3)CC1. The molecule has 5 nitrogen and oxygen atoms in total. The Morgan fingerprint density at radius 2 is 2.05 bits per heavy atom. The number of halogens is 1. The number of piperidine rings is 1. The first-order chi connectivity index (χ1) is 9.15. The van der Waals surface area contributed by atoms with Crippen LogP contribution in [0, 0.1) is 0 Å². The Kier molecular flexibility index (Phi) is 3.36. The Balaban J connectivity index is 1.82. The second-order valence-corrected chi connectivity index (χ2v) is 5.68. The molecule has 0 unspecified atom stereocenters. The lowest BCUT2D eigenvalue weighted by Gasteiger charge is -2.30. The summed E-state index contributed by atoms with van der Waals surface area (Å²) in [5.74, 6) is 1.30. The summed E-state index contributed by atoms with van der Waals surface area (Å²) in [6, 6.07) is 3.74. The first-order valence-electron chi connectivity index (χ1n) is 6.29. The van der Waals surface area contributed by atoms with E-state index < -0.39 is 0 Å². The van der Waals surface area contributed by atoms with Gasteiger partial charge in [-0.3, -0.25) is 4.79 Å². The number of hydrogen-bond donors (Lipinski definition) is 1. The van der Waals surface area contributed by atoms with Crippen molar-refractivity contribution >= 4 is 21.8 Å². The lowest BCUT2D eigenvalue weighted by molar-refractivity contribution is 0.0714. The van der Waals surface area contributed by atoms with Crippen molar-refractivity contribution in [2.45, 2.75) is 18.9 Å². The van der Waals surface area contributed by atoms with Crippen molar-refractivity contribution in [3.05, 3.63) is 22.2 Å². The number of amides is 1. The molecule has 0 spiro atoms. The Morgan fingerprint density at radius 3 is 2.79 bits per heavy atom. The molecule has 19 heavy (non-hydrogen) atoms. The van der Waals surface area contributed by atoms with Crippen LogP contribution in [0.5, 0.6) is 11.5 Å². The van der Waals surface area contributed by atoms with Crippen molar-refractivity contribution in [3.63, 3.8) is 0 Å². The van der Waals surface area contributed by atoms with Gasteiger partial charge in [-0.25, -0.2) is 0 Å². The summed E-state index contributed by atoms with van der Waals surface area (Å²) < 4.78 is 11.4. The fourth-order valence-corrected chi connectivity index (χ4v) is 2.93. The molecule has 1 fully saturated rings. The Morgan fingerprint density at radius 1 is 1.32 bits per heavy atom. The van der Waals surface area contributed by atoms with Gasteiger partial charge in [0.2, 0.25) is 6.79 Å². The van der Waals surface area contributed by atoms with E-state index in [9.17, 15) is 4.79 Å². The third kappa shape index (κ3) is 2.42. The zero-order valence-corrected chi connectivity index (χ0v) is 12.0. The number of nitrogens with zero attached hydrogens (tertiary/aromatic N) is 1. The van der Waals surface area contributed by atoms with Crippen LogP contribution in [0.3, 0.4) is 0 Å². The van der Waals surface area contributed by atoms with Crippen LogP contribution in [0.2, 0.25) is 0 Å². The number of hydrogen-bond acceptors (Lipinski definition) is 4. The van der Waals surface area contributed by atoms with Crippen molar-refractivity contribution in [2.24, 2.45) is 5.73 Å². The van der Waals surface area contributed by atoms with Crippen molar-refractivity contribution in [2.75, 3.05) is 19.9 Å². The summed E-state index contributed by atoms with van der Waals surface area (Å²) in [7, 11) is 0. The molecular formula is C13H15BrN2O3. The third-order valence-corrected chi connectivity index (χ3v) is 4.09. The molecule has 2 aliphatic rings. The zero-order valence-electron chi connectivity index (χ0n) is 10.4. The minimum atomic E-state index is 0.0194. The average molecular weight is 327 g/mol. The van der Waals surface area contributed by atoms with E-state index in [2.05, 4.69) is 15.9 Å². The van der Waals surface area contributed by atoms with Gasteiger partial charge >= 0.3 is 0 Å². The summed E-state index contributed by atoms with van der Waals surface area (Å²) in [5, 5.41) is 0. The highest BCUT2D eigenvalue weighted by molar-refractivity contribution is 9.10. The highest BCUT2D eigenvalue weighted by atomic mass is 79.9. The van der Waals surface area contributed by atoms with Gasteiger partial charge in [-0.2, -0.15) is 0 Å². The number of rotatable bonds is 1. The number of carbonyl (C=O) groups is 1. The molecule has 0 atom stereocenters. The maximum atomic E-state index is 12.4. The first-order valence-corrected chi connectivity index (χ1v) is 7.08. The normalized spacial score (nSPS) is 18.7. The molecule has 2 aliphatic heterocycles. The Hall–Kier alpha value is -1.27. The minimum Gasteiger partial charge on any atom is -0.454 e. The number of carbonyl (C=O) groups excluding carboxylic acids is 1. The molecule has 3 rings (SSSR count). The van der Waals surface area contributed by atoms with E-state index in [0.29, 0.717) is 30.2 Å². The monoisotopic (exact) mass is 326 g/mol. The number of nitrogens with two attached hydrogens (primary N) is 1. The van der Waals surface area contributed by atoms with Gasteiger partial charge in [0.15, 0.2) is 11.5 Å². The van der Waals surface area contributed by atoms with Crippen LogP contribution in [0.4, 0.5) is 0 Å². The van der Waals surface area contributed by atoms with Crippen molar-refractivity contribution in [1.29, 1.82) is 0 Å². The van der Waals surface area contributed by atoms with E-state index in [1.165, 1.54) is 0 Å². The topological polar surface area (TPSA) is 64.8 Å². The maximum absolute atomic E-state index is 12.4. The number of fused-ring (bicyclic) bond motifs is 1. The largest absolute Gasteiger partial charge is 0.454 e. The van der Waals surface area contributed by atoms with Gasteiger partial charge in [0, 0.05) is 24.7 Å². The third-order valence-electron chi connectivity index (χ3n) is 3.50. The lowest BCUT2D eigenvalue weighted by atomic mass is 10.0. The second kappa shape index (κ2) is 5.02. The van der Waals surface area contributed by atoms with Crippen LogP contribution in [0.15, 0.2) is 16.6 Å². The predicted octanol–water partition coefficient (Wildman–Crippen LogP) is 1.74. The fourth-order valence-electron chi connectivity index (χ4n) is 2.38. The molecule has 2 N–H and O–H groups in total. The van der Waals surface area contributed by atoms with E-state index in [-0.39, 0.29) is 18.7 Å². The molecule has 0 aliphatic carbocycles. The summed E-state index contributed by atoms with van der Waals surface area (Å²) in [6.45, 7) is 1.63. The van der Waals surface area contributed by atoms with Gasteiger partial charge in [-0.15, -0.1) is 0 Å². The molecule has 1 aromatic rings. The molecule has 1 amide bonds. The first kappa shape index (κ1) is 12.7. The Labute approximate surface area is 119 Å². The number of benzene rings is 1.